The average molecular weight is 404 g/mol. The molecule has 0 aliphatic carbocycles. The molecular weight excluding hydrogens is 387 g/mol. The van der Waals surface area contributed by atoms with E-state index in [1.165, 1.54) is 6.33 Å². The van der Waals surface area contributed by atoms with E-state index in [-0.39, 0.29) is 6.10 Å². The van der Waals surface area contributed by atoms with Crippen LogP contribution in [0.1, 0.15) is 6.42 Å². The zero-order chi connectivity index (χ0) is 15.1. The molecular formula is C13H17IN4O3. The lowest BCUT2D eigenvalue weighted by molar-refractivity contribution is 0.0623. The summed E-state index contributed by atoms with van der Waals surface area (Å²) < 4.78 is 17.9. The van der Waals surface area contributed by atoms with E-state index >= 15 is 0 Å². The molecule has 0 spiro atoms. The van der Waals surface area contributed by atoms with Gasteiger partial charge in [-0.05, 0) is 6.42 Å². The number of hydrogen-bond acceptors (Lipinski definition) is 6. The van der Waals surface area contributed by atoms with Gasteiger partial charge in [-0.2, -0.15) is 4.98 Å². The quantitative estimate of drug-likeness (QED) is 0.471. The number of nitrogens with zero attached hydrogens (tertiary/aromatic N) is 4. The zero-order valence-electron chi connectivity index (χ0n) is 11.7. The molecule has 1 atom stereocenters. The SMILES string of the molecule is C=CCOc1ncnc2c1ncn2CCC(COI)OC. The fourth-order valence-corrected chi connectivity index (χ4v) is 2.29. The van der Waals surface area contributed by atoms with Gasteiger partial charge < -0.3 is 17.1 Å². The second kappa shape index (κ2) is 8.25. The Balaban J connectivity index is 2.12. The zero-order valence-corrected chi connectivity index (χ0v) is 13.9. The number of imidazole rings is 1. The molecule has 2 rings (SSSR count). The fourth-order valence-electron chi connectivity index (χ4n) is 1.89. The Bertz CT molecular complexity index is 590. The van der Waals surface area contributed by atoms with Gasteiger partial charge in [0, 0.05) is 13.7 Å². The minimum absolute atomic E-state index is 0.0395. The van der Waals surface area contributed by atoms with Crippen molar-refractivity contribution in [1.82, 2.24) is 19.5 Å². The fraction of sp³-hybridized carbons (Fsp3) is 0.462. The maximum atomic E-state index is 5.48. The monoisotopic (exact) mass is 404 g/mol. The normalized spacial score (nSPS) is 12.5. The van der Waals surface area contributed by atoms with Crippen LogP contribution in [-0.4, -0.2) is 45.9 Å². The molecule has 7 nitrogen and oxygen atoms in total. The summed E-state index contributed by atoms with van der Waals surface area (Å²) in [5, 5.41) is 0. The number of aromatic nitrogens is 4. The number of methoxy groups -OCH3 is 1. The third-order valence-electron chi connectivity index (χ3n) is 2.98. The van der Waals surface area contributed by atoms with E-state index in [1.807, 2.05) is 27.6 Å². The maximum absolute atomic E-state index is 5.48. The number of fused-ring (bicyclic) bond motifs is 1. The molecule has 0 fully saturated rings. The van der Waals surface area contributed by atoms with Gasteiger partial charge >= 0.3 is 0 Å². The highest BCUT2D eigenvalue weighted by molar-refractivity contribution is 14.1. The van der Waals surface area contributed by atoms with E-state index in [4.69, 9.17) is 12.5 Å². The molecule has 0 aromatic carbocycles. The van der Waals surface area contributed by atoms with Crippen LogP contribution in [-0.2, 0) is 14.3 Å². The first kappa shape index (κ1) is 16.1. The van der Waals surface area contributed by atoms with E-state index in [1.54, 1.807) is 19.5 Å². The Morgan fingerprint density at radius 2 is 2.29 bits per heavy atom. The molecule has 0 radical (unpaired) electrons. The van der Waals surface area contributed by atoms with E-state index in [0.717, 1.165) is 18.6 Å². The molecule has 1 unspecified atom stereocenters. The van der Waals surface area contributed by atoms with Gasteiger partial charge in [0.1, 0.15) is 35.9 Å². The standard InChI is InChI=1S/C13H17IN4O3/c1-3-6-20-13-11-12(15-8-16-13)18(9-17-11)5-4-10(19-2)7-21-14/h3,8-10H,1,4-7H2,2H3. The predicted molar refractivity (Wildman–Crippen MR) is 86.4 cm³/mol. The molecule has 0 aliphatic rings. The summed E-state index contributed by atoms with van der Waals surface area (Å²) in [5.74, 6) is 0.470. The van der Waals surface area contributed by atoms with Gasteiger partial charge in [-0.3, -0.25) is 0 Å². The average Bonchev–Trinajstić information content (AvgIpc) is 2.93. The summed E-state index contributed by atoms with van der Waals surface area (Å²) >= 11 is 1.87. The highest BCUT2D eigenvalue weighted by atomic mass is 127. The third kappa shape index (κ3) is 4.11. The maximum Gasteiger partial charge on any atom is 0.245 e. The van der Waals surface area contributed by atoms with E-state index in [0.29, 0.717) is 24.6 Å². The molecule has 8 heteroatoms. The van der Waals surface area contributed by atoms with Crippen LogP contribution < -0.4 is 4.74 Å². The second-order valence-electron chi connectivity index (χ2n) is 4.31. The lowest BCUT2D eigenvalue weighted by Gasteiger charge is -2.13. The van der Waals surface area contributed by atoms with Gasteiger partial charge in [0.2, 0.25) is 5.88 Å². The largest absolute Gasteiger partial charge is 0.472 e. The number of hydrogen-bond donors (Lipinski definition) is 0. The molecule has 114 valence electrons. The highest BCUT2D eigenvalue weighted by Gasteiger charge is 2.13. The first-order chi connectivity index (χ1) is 10.3. The predicted octanol–water partition coefficient (Wildman–Crippen LogP) is 2.16. The van der Waals surface area contributed by atoms with Crippen LogP contribution >= 0.6 is 23.0 Å². The van der Waals surface area contributed by atoms with Crippen LogP contribution in [0, 0.1) is 0 Å². The lowest BCUT2D eigenvalue weighted by atomic mass is 10.2. The van der Waals surface area contributed by atoms with Crippen LogP contribution in [0.5, 0.6) is 5.88 Å². The Morgan fingerprint density at radius 3 is 3.00 bits per heavy atom. The molecule has 21 heavy (non-hydrogen) atoms. The number of rotatable bonds is 9. The van der Waals surface area contributed by atoms with Crippen molar-refractivity contribution < 1.29 is 12.5 Å². The number of ether oxygens (including phenoxy) is 2. The summed E-state index contributed by atoms with van der Waals surface area (Å²) in [4.78, 5) is 12.7. The molecule has 0 N–H and O–H groups in total. The summed E-state index contributed by atoms with van der Waals surface area (Å²) in [5.41, 5.74) is 1.40. The van der Waals surface area contributed by atoms with Crippen molar-refractivity contribution in [3.63, 3.8) is 0 Å². The Hall–Kier alpha value is -1.26. The van der Waals surface area contributed by atoms with Crippen molar-refractivity contribution >= 4 is 34.2 Å². The topological polar surface area (TPSA) is 71.3 Å². The molecule has 0 bridgehead atoms. The van der Waals surface area contributed by atoms with Crippen molar-refractivity contribution in [1.29, 1.82) is 0 Å². The minimum Gasteiger partial charge on any atom is -0.472 e. The Morgan fingerprint density at radius 1 is 1.43 bits per heavy atom. The van der Waals surface area contributed by atoms with E-state index < -0.39 is 0 Å². The smallest absolute Gasteiger partial charge is 0.245 e. The summed E-state index contributed by atoms with van der Waals surface area (Å²) in [6.07, 6.45) is 5.71. The van der Waals surface area contributed by atoms with Gasteiger partial charge in [0.15, 0.2) is 11.2 Å². The lowest BCUT2D eigenvalue weighted by Crippen LogP contribution is -2.18. The molecule has 2 heterocycles. The summed E-state index contributed by atoms with van der Waals surface area (Å²) in [6, 6.07) is 0. The molecule has 0 aliphatic heterocycles. The van der Waals surface area contributed by atoms with Crippen LogP contribution in [0.4, 0.5) is 0 Å². The van der Waals surface area contributed by atoms with Crippen LogP contribution in [0.3, 0.4) is 0 Å². The molecule has 2 aromatic heterocycles. The van der Waals surface area contributed by atoms with Crippen molar-refractivity contribution in [2.24, 2.45) is 0 Å². The van der Waals surface area contributed by atoms with Gasteiger partial charge in [0.25, 0.3) is 0 Å². The van der Waals surface area contributed by atoms with Gasteiger partial charge in [-0.15, -0.1) is 0 Å². The third-order valence-corrected chi connectivity index (χ3v) is 3.34. The van der Waals surface area contributed by atoms with Crippen molar-refractivity contribution in [2.75, 3.05) is 20.3 Å². The first-order valence-electron chi connectivity index (χ1n) is 6.46. The van der Waals surface area contributed by atoms with Gasteiger partial charge in [-0.25, -0.2) is 9.97 Å². The Labute approximate surface area is 137 Å². The van der Waals surface area contributed by atoms with Gasteiger partial charge in [0.05, 0.1) is 19.0 Å². The van der Waals surface area contributed by atoms with Crippen LogP contribution in [0.2, 0.25) is 0 Å². The second-order valence-corrected chi connectivity index (χ2v) is 4.93. The molecule has 0 amide bonds. The molecule has 0 saturated carbocycles. The highest BCUT2D eigenvalue weighted by Crippen LogP contribution is 2.20. The summed E-state index contributed by atoms with van der Waals surface area (Å²) in [6.45, 7) is 5.28. The molecule has 0 saturated heterocycles. The van der Waals surface area contributed by atoms with Crippen molar-refractivity contribution in [2.45, 2.75) is 19.1 Å². The minimum atomic E-state index is 0.0395. The Kier molecular flexibility index (Phi) is 6.33. The van der Waals surface area contributed by atoms with Crippen LogP contribution in [0.25, 0.3) is 11.2 Å². The van der Waals surface area contributed by atoms with Crippen LogP contribution in [0.15, 0.2) is 25.3 Å². The number of halogens is 1. The van der Waals surface area contributed by atoms with Crippen molar-refractivity contribution in [3.8, 4) is 5.88 Å². The van der Waals surface area contributed by atoms with Crippen molar-refractivity contribution in [3.05, 3.63) is 25.3 Å². The van der Waals surface area contributed by atoms with Gasteiger partial charge in [-0.1, -0.05) is 12.7 Å². The van der Waals surface area contributed by atoms with E-state index in [9.17, 15) is 0 Å². The van der Waals surface area contributed by atoms with E-state index in [2.05, 4.69) is 21.5 Å². The first-order valence-corrected chi connectivity index (χ1v) is 7.34. The number of aryl methyl sites for hydroxylation is 1. The summed E-state index contributed by atoms with van der Waals surface area (Å²) in [7, 11) is 1.68. The molecule has 2 aromatic rings.